The van der Waals surface area contributed by atoms with Gasteiger partial charge in [-0.2, -0.15) is 0 Å². The molecule has 0 atom stereocenters. The van der Waals surface area contributed by atoms with Gasteiger partial charge >= 0.3 is 0 Å². The van der Waals surface area contributed by atoms with E-state index in [1.165, 1.54) is 38.0 Å². The van der Waals surface area contributed by atoms with Gasteiger partial charge in [-0.1, -0.05) is 23.7 Å². The van der Waals surface area contributed by atoms with Crippen LogP contribution in [0.4, 0.5) is 0 Å². The van der Waals surface area contributed by atoms with Crippen LogP contribution in [0.5, 0.6) is 0 Å². The Hall–Kier alpha value is 0.01000. The maximum atomic E-state index is 5.93. The molecule has 0 saturated carbocycles. The molecule has 0 radical (unpaired) electrons. The van der Waals surface area contributed by atoms with Crippen molar-refractivity contribution in [2.75, 3.05) is 26.2 Å². The van der Waals surface area contributed by atoms with E-state index in [4.69, 9.17) is 11.6 Å². The zero-order valence-electron chi connectivity index (χ0n) is 10.4. The summed E-state index contributed by atoms with van der Waals surface area (Å²) in [5.74, 6) is 0. The lowest BCUT2D eigenvalue weighted by molar-refractivity contribution is 0.335. The monoisotopic (exact) mass is 310 g/mol. The fraction of sp³-hybridized carbons (Fsp3) is 0.538. The van der Waals surface area contributed by atoms with Crippen LogP contribution >= 0.6 is 36.4 Å². The number of halogens is 3. The molecule has 0 unspecified atom stereocenters. The SMILES string of the molecule is Cl.Cl.Clc1cccc(CNCCN2CCCC2)c1. The number of likely N-dealkylation sites (tertiary alicyclic amines) is 1. The van der Waals surface area contributed by atoms with Gasteiger partial charge in [-0.15, -0.1) is 24.8 Å². The lowest BCUT2D eigenvalue weighted by atomic mass is 10.2. The van der Waals surface area contributed by atoms with Crippen LogP contribution in [-0.2, 0) is 6.54 Å². The van der Waals surface area contributed by atoms with Gasteiger partial charge in [0.25, 0.3) is 0 Å². The van der Waals surface area contributed by atoms with Crippen LogP contribution in [0.3, 0.4) is 0 Å². The van der Waals surface area contributed by atoms with Crippen molar-refractivity contribution >= 4 is 36.4 Å². The Morgan fingerprint density at radius 2 is 1.89 bits per heavy atom. The molecule has 1 N–H and O–H groups in total. The number of nitrogens with one attached hydrogen (secondary N) is 1. The van der Waals surface area contributed by atoms with E-state index in [9.17, 15) is 0 Å². The van der Waals surface area contributed by atoms with Crippen LogP contribution in [-0.4, -0.2) is 31.1 Å². The highest BCUT2D eigenvalue weighted by molar-refractivity contribution is 6.30. The van der Waals surface area contributed by atoms with Gasteiger partial charge in [-0.25, -0.2) is 0 Å². The molecule has 1 aliphatic heterocycles. The Bertz CT molecular complexity index is 328. The highest BCUT2D eigenvalue weighted by Crippen LogP contribution is 2.10. The van der Waals surface area contributed by atoms with Crippen molar-refractivity contribution in [1.82, 2.24) is 10.2 Å². The van der Waals surface area contributed by atoms with Crippen LogP contribution < -0.4 is 5.32 Å². The Balaban J connectivity index is 0.00000144. The average molecular weight is 312 g/mol. The highest BCUT2D eigenvalue weighted by atomic mass is 35.5. The Kier molecular flexibility index (Phi) is 9.88. The molecule has 18 heavy (non-hydrogen) atoms. The summed E-state index contributed by atoms with van der Waals surface area (Å²) < 4.78 is 0. The molecule has 0 spiro atoms. The standard InChI is InChI=1S/C13H19ClN2.2ClH/c14-13-5-3-4-12(10-13)11-15-6-9-16-7-1-2-8-16;;/h3-5,10,15H,1-2,6-9,11H2;2*1H. The molecule has 2 nitrogen and oxygen atoms in total. The van der Waals surface area contributed by atoms with Gasteiger partial charge in [0.1, 0.15) is 0 Å². The normalized spacial score (nSPS) is 14.9. The molecule has 1 aliphatic rings. The smallest absolute Gasteiger partial charge is 0.0409 e. The minimum atomic E-state index is 0. The Labute approximate surface area is 127 Å². The van der Waals surface area contributed by atoms with Gasteiger partial charge in [0.15, 0.2) is 0 Å². The fourth-order valence-corrected chi connectivity index (χ4v) is 2.34. The summed E-state index contributed by atoms with van der Waals surface area (Å²) in [6.45, 7) is 5.69. The molecule has 1 saturated heterocycles. The van der Waals surface area contributed by atoms with Crippen molar-refractivity contribution in [3.8, 4) is 0 Å². The molecule has 1 fully saturated rings. The summed E-state index contributed by atoms with van der Waals surface area (Å²) in [4.78, 5) is 2.52. The molecule has 1 aromatic carbocycles. The average Bonchev–Trinajstić information content (AvgIpc) is 2.77. The van der Waals surface area contributed by atoms with Crippen molar-refractivity contribution in [3.05, 3.63) is 34.9 Å². The zero-order chi connectivity index (χ0) is 11.2. The van der Waals surface area contributed by atoms with Crippen LogP contribution in [0.1, 0.15) is 18.4 Å². The van der Waals surface area contributed by atoms with Crippen LogP contribution in [0, 0.1) is 0 Å². The van der Waals surface area contributed by atoms with Gasteiger partial charge in [0.2, 0.25) is 0 Å². The number of nitrogens with zero attached hydrogens (tertiary/aromatic N) is 1. The first-order chi connectivity index (χ1) is 7.84. The van der Waals surface area contributed by atoms with Gasteiger partial charge in [-0.05, 0) is 43.6 Å². The summed E-state index contributed by atoms with van der Waals surface area (Å²) in [7, 11) is 0. The number of benzene rings is 1. The lowest BCUT2D eigenvalue weighted by Gasteiger charge is -2.14. The molecule has 2 rings (SSSR count). The quantitative estimate of drug-likeness (QED) is 0.839. The maximum absolute atomic E-state index is 5.93. The van der Waals surface area contributed by atoms with Crippen molar-refractivity contribution in [1.29, 1.82) is 0 Å². The number of rotatable bonds is 5. The second kappa shape index (κ2) is 9.88. The van der Waals surface area contributed by atoms with Crippen molar-refractivity contribution in [3.63, 3.8) is 0 Å². The zero-order valence-corrected chi connectivity index (χ0v) is 12.8. The van der Waals surface area contributed by atoms with E-state index in [1.54, 1.807) is 0 Å². The predicted molar refractivity (Wildman–Crippen MR) is 83.3 cm³/mol. The minimum absolute atomic E-state index is 0. The predicted octanol–water partition coefficient (Wildman–Crippen LogP) is 3.37. The van der Waals surface area contributed by atoms with Crippen LogP contribution in [0.2, 0.25) is 5.02 Å². The van der Waals surface area contributed by atoms with E-state index in [0.29, 0.717) is 0 Å². The van der Waals surface area contributed by atoms with Crippen molar-refractivity contribution in [2.45, 2.75) is 19.4 Å². The lowest BCUT2D eigenvalue weighted by Crippen LogP contribution is -2.29. The highest BCUT2D eigenvalue weighted by Gasteiger charge is 2.09. The largest absolute Gasteiger partial charge is 0.311 e. The van der Waals surface area contributed by atoms with E-state index in [-0.39, 0.29) is 24.8 Å². The first-order valence-corrected chi connectivity index (χ1v) is 6.40. The third-order valence-electron chi connectivity index (χ3n) is 3.02. The topological polar surface area (TPSA) is 15.3 Å². The van der Waals surface area contributed by atoms with E-state index in [1.807, 2.05) is 18.2 Å². The fourth-order valence-electron chi connectivity index (χ4n) is 2.12. The number of hydrogen-bond acceptors (Lipinski definition) is 2. The molecule has 1 heterocycles. The van der Waals surface area contributed by atoms with E-state index in [2.05, 4.69) is 16.3 Å². The van der Waals surface area contributed by atoms with E-state index < -0.39 is 0 Å². The molecule has 0 aromatic heterocycles. The second-order valence-electron chi connectivity index (χ2n) is 4.36. The minimum Gasteiger partial charge on any atom is -0.311 e. The summed E-state index contributed by atoms with van der Waals surface area (Å²) >= 11 is 5.93. The first kappa shape index (κ1) is 18.0. The van der Waals surface area contributed by atoms with Gasteiger partial charge < -0.3 is 10.2 Å². The maximum Gasteiger partial charge on any atom is 0.0409 e. The third kappa shape index (κ3) is 6.26. The Morgan fingerprint density at radius 3 is 2.56 bits per heavy atom. The molecule has 0 amide bonds. The summed E-state index contributed by atoms with van der Waals surface area (Å²) in [6.07, 6.45) is 2.74. The molecule has 104 valence electrons. The summed E-state index contributed by atoms with van der Waals surface area (Å²) in [5, 5.41) is 4.27. The van der Waals surface area contributed by atoms with Crippen LogP contribution in [0.25, 0.3) is 0 Å². The summed E-state index contributed by atoms with van der Waals surface area (Å²) in [5.41, 5.74) is 1.26. The third-order valence-corrected chi connectivity index (χ3v) is 3.26. The van der Waals surface area contributed by atoms with Gasteiger partial charge in [0, 0.05) is 24.7 Å². The second-order valence-corrected chi connectivity index (χ2v) is 4.79. The van der Waals surface area contributed by atoms with Gasteiger partial charge in [-0.3, -0.25) is 0 Å². The van der Waals surface area contributed by atoms with Crippen molar-refractivity contribution < 1.29 is 0 Å². The first-order valence-electron chi connectivity index (χ1n) is 6.02. The number of hydrogen-bond donors (Lipinski definition) is 1. The van der Waals surface area contributed by atoms with Gasteiger partial charge in [0.05, 0.1) is 0 Å². The molecule has 0 aliphatic carbocycles. The molecular formula is C13H21Cl3N2. The molecule has 0 bridgehead atoms. The molecule has 5 heteroatoms. The van der Waals surface area contributed by atoms with E-state index >= 15 is 0 Å². The molecular weight excluding hydrogens is 291 g/mol. The van der Waals surface area contributed by atoms with E-state index in [0.717, 1.165) is 18.1 Å². The molecule has 1 aromatic rings. The Morgan fingerprint density at radius 1 is 1.17 bits per heavy atom. The summed E-state index contributed by atoms with van der Waals surface area (Å²) in [6, 6.07) is 8.04. The van der Waals surface area contributed by atoms with Crippen molar-refractivity contribution in [2.24, 2.45) is 0 Å². The van der Waals surface area contributed by atoms with Crippen LogP contribution in [0.15, 0.2) is 24.3 Å².